The minimum absolute atomic E-state index is 0.106. The van der Waals surface area contributed by atoms with Gasteiger partial charge in [-0.15, -0.1) is 12.6 Å². The smallest absolute Gasteiger partial charge is 0.320 e. The predicted octanol–water partition coefficient (Wildman–Crippen LogP) is 1.89. The Kier molecular flexibility index (Phi) is 5.37. The highest BCUT2D eigenvalue weighted by Crippen LogP contribution is 2.09. The van der Waals surface area contributed by atoms with Crippen LogP contribution in [0.2, 0.25) is 0 Å². The van der Waals surface area contributed by atoms with E-state index in [9.17, 15) is 13.6 Å². The van der Waals surface area contributed by atoms with Crippen LogP contribution in [0.15, 0.2) is 29.2 Å². The van der Waals surface area contributed by atoms with E-state index in [1.807, 2.05) is 0 Å². The first kappa shape index (κ1) is 13.9. The molecule has 0 radical (unpaired) electrons. The molecule has 0 bridgehead atoms. The van der Waals surface area contributed by atoms with Crippen LogP contribution in [-0.4, -0.2) is 29.8 Å². The Labute approximate surface area is 103 Å². The van der Waals surface area contributed by atoms with Crippen LogP contribution in [0.3, 0.4) is 0 Å². The van der Waals surface area contributed by atoms with Gasteiger partial charge in [0.05, 0.1) is 0 Å². The van der Waals surface area contributed by atoms with Gasteiger partial charge in [0.15, 0.2) is 0 Å². The van der Waals surface area contributed by atoms with E-state index in [2.05, 4.69) is 17.9 Å². The quantitative estimate of drug-likeness (QED) is 0.677. The van der Waals surface area contributed by atoms with Crippen molar-refractivity contribution in [2.24, 2.45) is 0 Å². The fourth-order valence-corrected chi connectivity index (χ4v) is 1.47. The number of hydrogen-bond acceptors (Lipinski definition) is 3. The number of thiol groups is 1. The summed E-state index contributed by atoms with van der Waals surface area (Å²) in [5.41, 5.74) is 0. The number of carboxylic acids is 1. The molecule has 1 fully saturated rings. The van der Waals surface area contributed by atoms with Gasteiger partial charge in [0.1, 0.15) is 18.0 Å². The summed E-state index contributed by atoms with van der Waals surface area (Å²) in [5.74, 6) is -1.18. The van der Waals surface area contributed by atoms with E-state index in [0.29, 0.717) is 0 Å². The van der Waals surface area contributed by atoms with Gasteiger partial charge in [-0.3, -0.25) is 4.79 Å². The van der Waals surface area contributed by atoms with Crippen LogP contribution >= 0.6 is 12.6 Å². The molecule has 1 aliphatic rings. The number of carboxylic acid groups (broad SMARTS) is 1. The Bertz CT molecular complexity index is 351. The first-order valence-electron chi connectivity index (χ1n) is 5.04. The Hall–Kier alpha value is -1.14. The second kappa shape index (κ2) is 6.56. The summed E-state index contributed by atoms with van der Waals surface area (Å²) in [7, 11) is 0. The summed E-state index contributed by atoms with van der Waals surface area (Å²) in [6, 6.07) is 5.31. The zero-order chi connectivity index (χ0) is 12.8. The molecular weight excluding hydrogens is 248 g/mol. The Balaban J connectivity index is 0.000000171. The minimum Gasteiger partial charge on any atom is -0.480 e. The van der Waals surface area contributed by atoms with Crippen molar-refractivity contribution in [3.8, 4) is 0 Å². The number of halogens is 2. The van der Waals surface area contributed by atoms with Gasteiger partial charge < -0.3 is 10.4 Å². The first-order chi connectivity index (χ1) is 7.99. The summed E-state index contributed by atoms with van der Waals surface area (Å²) in [6.07, 6.45) is -0.874. The largest absolute Gasteiger partial charge is 0.480 e. The molecule has 1 aliphatic heterocycles. The topological polar surface area (TPSA) is 49.3 Å². The molecule has 0 aliphatic carbocycles. The maximum atomic E-state index is 12.2. The van der Waals surface area contributed by atoms with E-state index in [1.54, 1.807) is 12.1 Å². The van der Waals surface area contributed by atoms with Crippen molar-refractivity contribution in [3.63, 3.8) is 0 Å². The van der Waals surface area contributed by atoms with Crippen molar-refractivity contribution in [1.82, 2.24) is 5.32 Å². The zero-order valence-electron chi connectivity index (χ0n) is 8.94. The van der Waals surface area contributed by atoms with Gasteiger partial charge in [0.2, 0.25) is 0 Å². The van der Waals surface area contributed by atoms with Crippen molar-refractivity contribution in [2.75, 3.05) is 6.54 Å². The van der Waals surface area contributed by atoms with Gasteiger partial charge in [0, 0.05) is 17.9 Å². The average Bonchev–Trinajstić information content (AvgIpc) is 2.70. The van der Waals surface area contributed by atoms with Crippen LogP contribution in [0, 0.1) is 5.82 Å². The highest BCUT2D eigenvalue weighted by Gasteiger charge is 2.28. The van der Waals surface area contributed by atoms with Gasteiger partial charge >= 0.3 is 5.97 Å². The summed E-state index contributed by atoms with van der Waals surface area (Å²) < 4.78 is 24.3. The molecule has 1 saturated heterocycles. The number of aliphatic carboxylic acids is 1. The summed E-state index contributed by atoms with van der Waals surface area (Å²) in [5, 5.41) is 10.8. The Morgan fingerprint density at radius 1 is 1.41 bits per heavy atom. The third-order valence-corrected chi connectivity index (χ3v) is 2.50. The van der Waals surface area contributed by atoms with Crippen molar-refractivity contribution >= 4 is 18.6 Å². The van der Waals surface area contributed by atoms with E-state index in [0.717, 1.165) is 4.90 Å². The summed E-state index contributed by atoms with van der Waals surface area (Å²) in [6.45, 7) is 0.178. The lowest BCUT2D eigenvalue weighted by Crippen LogP contribution is -2.29. The van der Waals surface area contributed by atoms with Crippen LogP contribution < -0.4 is 5.32 Å². The van der Waals surface area contributed by atoms with Crippen molar-refractivity contribution in [1.29, 1.82) is 0 Å². The normalized spacial score (nSPS) is 22.8. The molecule has 6 heteroatoms. The van der Waals surface area contributed by atoms with Crippen LogP contribution in [0.25, 0.3) is 0 Å². The number of rotatable bonds is 1. The summed E-state index contributed by atoms with van der Waals surface area (Å²) >= 11 is 3.97. The molecule has 0 aromatic heterocycles. The maximum Gasteiger partial charge on any atom is 0.320 e. The molecule has 2 N–H and O–H groups in total. The number of carbonyl (C=O) groups is 1. The number of alkyl halides is 1. The molecule has 17 heavy (non-hydrogen) atoms. The SMILES string of the molecule is Fc1ccc(S)cc1.O=C(O)C1CC(F)CN1. The van der Waals surface area contributed by atoms with Crippen LogP contribution in [0.4, 0.5) is 8.78 Å². The average molecular weight is 261 g/mol. The number of hydrogen-bond donors (Lipinski definition) is 3. The molecule has 94 valence electrons. The van der Waals surface area contributed by atoms with E-state index in [4.69, 9.17) is 5.11 Å². The molecule has 1 aromatic rings. The lowest BCUT2D eigenvalue weighted by Gasteiger charge is -1.99. The molecule has 1 heterocycles. The van der Waals surface area contributed by atoms with Crippen molar-refractivity contribution in [2.45, 2.75) is 23.5 Å². The van der Waals surface area contributed by atoms with Gasteiger partial charge in [-0.05, 0) is 24.3 Å². The Morgan fingerprint density at radius 3 is 2.29 bits per heavy atom. The molecule has 1 aromatic carbocycles. The van der Waals surface area contributed by atoms with Gasteiger partial charge in [0.25, 0.3) is 0 Å². The molecule has 2 rings (SSSR count). The minimum atomic E-state index is -0.980. The predicted molar refractivity (Wildman–Crippen MR) is 62.6 cm³/mol. The second-order valence-electron chi connectivity index (χ2n) is 3.61. The molecule has 0 amide bonds. The van der Waals surface area contributed by atoms with E-state index in [1.165, 1.54) is 12.1 Å². The van der Waals surface area contributed by atoms with Crippen LogP contribution in [0.5, 0.6) is 0 Å². The third kappa shape index (κ3) is 5.14. The number of benzene rings is 1. The fourth-order valence-electron chi connectivity index (χ4n) is 1.32. The molecule has 3 nitrogen and oxygen atoms in total. The van der Waals surface area contributed by atoms with Gasteiger partial charge in [-0.1, -0.05) is 0 Å². The first-order valence-corrected chi connectivity index (χ1v) is 5.48. The van der Waals surface area contributed by atoms with Crippen LogP contribution in [-0.2, 0) is 4.79 Å². The number of nitrogens with one attached hydrogen (secondary N) is 1. The van der Waals surface area contributed by atoms with Gasteiger partial charge in [-0.25, -0.2) is 8.78 Å². The molecular formula is C11H13F2NO2S. The maximum absolute atomic E-state index is 12.2. The monoisotopic (exact) mass is 261 g/mol. The molecule has 2 atom stereocenters. The van der Waals surface area contributed by atoms with Crippen molar-refractivity contribution in [3.05, 3.63) is 30.1 Å². The van der Waals surface area contributed by atoms with E-state index in [-0.39, 0.29) is 18.8 Å². The Morgan fingerprint density at radius 2 is 2.00 bits per heavy atom. The zero-order valence-corrected chi connectivity index (χ0v) is 9.83. The third-order valence-electron chi connectivity index (χ3n) is 2.20. The highest BCUT2D eigenvalue weighted by atomic mass is 32.1. The van der Waals surface area contributed by atoms with Crippen molar-refractivity contribution < 1.29 is 18.7 Å². The fraction of sp³-hybridized carbons (Fsp3) is 0.364. The summed E-state index contributed by atoms with van der Waals surface area (Å²) in [4.78, 5) is 10.9. The lowest BCUT2D eigenvalue weighted by atomic mass is 10.2. The van der Waals surface area contributed by atoms with E-state index >= 15 is 0 Å². The van der Waals surface area contributed by atoms with Gasteiger partial charge in [-0.2, -0.15) is 0 Å². The second-order valence-corrected chi connectivity index (χ2v) is 4.12. The van der Waals surface area contributed by atoms with Crippen LogP contribution in [0.1, 0.15) is 6.42 Å². The molecule has 0 spiro atoms. The standard InChI is InChI=1S/C6H5FS.C5H8FNO2/c7-5-1-3-6(8)4-2-5;6-3-1-4(5(8)9)7-2-3/h1-4,8H;3-4,7H,1-2H2,(H,8,9). The van der Waals surface area contributed by atoms with E-state index < -0.39 is 18.2 Å². The molecule has 0 saturated carbocycles. The molecule has 2 unspecified atom stereocenters. The highest BCUT2D eigenvalue weighted by molar-refractivity contribution is 7.80. The lowest BCUT2D eigenvalue weighted by molar-refractivity contribution is -0.139.